The second kappa shape index (κ2) is 6.79. The van der Waals surface area contributed by atoms with Gasteiger partial charge in [-0.05, 0) is 43.7 Å². The molecule has 0 aliphatic heterocycles. The van der Waals surface area contributed by atoms with Crippen LogP contribution in [0, 0.1) is 19.7 Å². The lowest BCUT2D eigenvalue weighted by Crippen LogP contribution is -2.16. The molecule has 0 radical (unpaired) electrons. The Labute approximate surface area is 149 Å². The molecule has 2 amide bonds. The van der Waals surface area contributed by atoms with Crippen LogP contribution < -0.4 is 11.1 Å². The number of carbonyl (C=O) groups excluding carboxylic acids is 2. The van der Waals surface area contributed by atoms with Crippen LogP contribution in [0.15, 0.2) is 48.7 Å². The average Bonchev–Trinajstić information content (AvgIpc) is 2.98. The second-order valence-electron chi connectivity index (χ2n) is 5.85. The Bertz CT molecular complexity index is 1010. The third-order valence-electron chi connectivity index (χ3n) is 4.09. The summed E-state index contributed by atoms with van der Waals surface area (Å²) < 4.78 is 15.2. The van der Waals surface area contributed by atoms with E-state index in [-0.39, 0.29) is 11.3 Å². The Hall–Kier alpha value is -3.48. The fourth-order valence-corrected chi connectivity index (χ4v) is 2.67. The van der Waals surface area contributed by atoms with Crippen molar-refractivity contribution < 1.29 is 14.0 Å². The van der Waals surface area contributed by atoms with Crippen LogP contribution in [0.4, 0.5) is 10.1 Å². The zero-order valence-corrected chi connectivity index (χ0v) is 14.3. The molecule has 0 fully saturated rings. The maximum atomic E-state index is 13.5. The van der Waals surface area contributed by atoms with Crippen molar-refractivity contribution in [2.24, 2.45) is 5.73 Å². The largest absolute Gasteiger partial charge is 0.366 e. The first-order chi connectivity index (χ1) is 12.4. The third-order valence-corrected chi connectivity index (χ3v) is 4.09. The number of nitrogens with one attached hydrogen (secondary N) is 1. The quantitative estimate of drug-likeness (QED) is 0.756. The number of aromatic nitrogens is 2. The first kappa shape index (κ1) is 17.3. The van der Waals surface area contributed by atoms with Gasteiger partial charge in [-0.2, -0.15) is 5.10 Å². The van der Waals surface area contributed by atoms with Crippen LogP contribution in [-0.2, 0) is 0 Å². The van der Waals surface area contributed by atoms with E-state index in [1.807, 2.05) is 31.2 Å². The van der Waals surface area contributed by atoms with E-state index >= 15 is 0 Å². The van der Waals surface area contributed by atoms with Crippen molar-refractivity contribution in [2.45, 2.75) is 13.8 Å². The van der Waals surface area contributed by atoms with Gasteiger partial charge in [0.2, 0.25) is 0 Å². The first-order valence-electron chi connectivity index (χ1n) is 7.90. The van der Waals surface area contributed by atoms with Gasteiger partial charge in [0.15, 0.2) is 0 Å². The SMILES string of the molecule is Cc1ccccc1-n1ncc(C(=O)Nc2ccc(F)c(C(N)=O)c2)c1C. The van der Waals surface area contributed by atoms with E-state index in [2.05, 4.69) is 10.4 Å². The van der Waals surface area contributed by atoms with Crippen molar-refractivity contribution in [3.63, 3.8) is 0 Å². The number of anilines is 1. The summed E-state index contributed by atoms with van der Waals surface area (Å²) in [5, 5.41) is 6.93. The predicted octanol–water partition coefficient (Wildman–Crippen LogP) is 2.98. The molecule has 2 aromatic carbocycles. The fraction of sp³-hybridized carbons (Fsp3) is 0.105. The summed E-state index contributed by atoms with van der Waals surface area (Å²) in [5.41, 5.74) is 8.05. The van der Waals surface area contributed by atoms with Gasteiger partial charge in [0.05, 0.1) is 28.7 Å². The number of hydrogen-bond donors (Lipinski definition) is 2. The number of aryl methyl sites for hydroxylation is 1. The van der Waals surface area contributed by atoms with Crippen molar-refractivity contribution >= 4 is 17.5 Å². The lowest BCUT2D eigenvalue weighted by Gasteiger charge is -2.09. The molecule has 26 heavy (non-hydrogen) atoms. The fourth-order valence-electron chi connectivity index (χ4n) is 2.67. The van der Waals surface area contributed by atoms with Crippen molar-refractivity contribution in [1.29, 1.82) is 0 Å². The highest BCUT2D eigenvalue weighted by atomic mass is 19.1. The molecule has 1 aromatic heterocycles. The zero-order chi connectivity index (χ0) is 18.8. The number of nitrogens with two attached hydrogens (primary N) is 1. The summed E-state index contributed by atoms with van der Waals surface area (Å²) in [6, 6.07) is 11.3. The van der Waals surface area contributed by atoms with Crippen LogP contribution >= 0.6 is 0 Å². The normalized spacial score (nSPS) is 10.6. The molecule has 3 N–H and O–H groups in total. The number of primary amides is 1. The summed E-state index contributed by atoms with van der Waals surface area (Å²) in [6.07, 6.45) is 1.47. The summed E-state index contributed by atoms with van der Waals surface area (Å²) in [5.74, 6) is -2.05. The molecule has 0 aliphatic carbocycles. The van der Waals surface area contributed by atoms with Crippen LogP contribution in [0.2, 0.25) is 0 Å². The van der Waals surface area contributed by atoms with Gasteiger partial charge in [-0.1, -0.05) is 18.2 Å². The minimum atomic E-state index is -0.901. The molecule has 1 heterocycles. The standard InChI is InChI=1S/C19H17FN4O2/c1-11-5-3-4-6-17(11)24-12(2)15(10-22-24)19(26)23-13-7-8-16(20)14(9-13)18(21)25/h3-10H,1-2H3,(H2,21,25)(H,23,26). The molecule has 0 aliphatic rings. The molecule has 0 spiro atoms. The number of halogens is 1. The Kier molecular flexibility index (Phi) is 4.53. The van der Waals surface area contributed by atoms with Gasteiger partial charge in [-0.25, -0.2) is 9.07 Å². The van der Waals surface area contributed by atoms with Gasteiger partial charge in [0, 0.05) is 5.69 Å². The van der Waals surface area contributed by atoms with Crippen LogP contribution in [-0.4, -0.2) is 21.6 Å². The summed E-state index contributed by atoms with van der Waals surface area (Å²) in [7, 11) is 0. The maximum Gasteiger partial charge on any atom is 0.259 e. The van der Waals surface area contributed by atoms with Crippen molar-refractivity contribution in [3.8, 4) is 5.69 Å². The summed E-state index contributed by atoms with van der Waals surface area (Å²) in [6.45, 7) is 3.74. The minimum Gasteiger partial charge on any atom is -0.366 e. The average molecular weight is 352 g/mol. The molecule has 0 saturated carbocycles. The molecule has 7 heteroatoms. The van der Waals surface area contributed by atoms with Crippen LogP contribution in [0.25, 0.3) is 5.69 Å². The second-order valence-corrected chi connectivity index (χ2v) is 5.85. The zero-order valence-electron chi connectivity index (χ0n) is 14.3. The van der Waals surface area contributed by atoms with E-state index in [0.717, 1.165) is 17.3 Å². The van der Waals surface area contributed by atoms with Crippen LogP contribution in [0.3, 0.4) is 0 Å². The van der Waals surface area contributed by atoms with E-state index in [0.29, 0.717) is 11.3 Å². The molecule has 3 rings (SSSR count). The predicted molar refractivity (Wildman–Crippen MR) is 95.9 cm³/mol. The van der Waals surface area contributed by atoms with Crippen molar-refractivity contribution in [3.05, 3.63) is 76.9 Å². The smallest absolute Gasteiger partial charge is 0.259 e. The van der Waals surface area contributed by atoms with Gasteiger partial charge in [-0.15, -0.1) is 0 Å². The third kappa shape index (κ3) is 3.19. The molecular formula is C19H17FN4O2. The van der Waals surface area contributed by atoms with Crippen LogP contribution in [0.5, 0.6) is 0 Å². The van der Waals surface area contributed by atoms with E-state index < -0.39 is 17.6 Å². The molecule has 6 nitrogen and oxygen atoms in total. The van der Waals surface area contributed by atoms with E-state index in [1.54, 1.807) is 11.6 Å². The van der Waals surface area contributed by atoms with E-state index in [1.165, 1.54) is 18.3 Å². The number of rotatable bonds is 4. The van der Waals surface area contributed by atoms with Crippen LogP contribution in [0.1, 0.15) is 32.0 Å². The lowest BCUT2D eigenvalue weighted by atomic mass is 10.1. The van der Waals surface area contributed by atoms with Gasteiger partial charge < -0.3 is 11.1 Å². The Morgan fingerprint density at radius 1 is 1.12 bits per heavy atom. The molecule has 0 unspecified atom stereocenters. The van der Waals surface area contributed by atoms with Crippen molar-refractivity contribution in [1.82, 2.24) is 9.78 Å². The topological polar surface area (TPSA) is 90.0 Å². The Morgan fingerprint density at radius 3 is 2.54 bits per heavy atom. The molecule has 0 atom stereocenters. The van der Waals surface area contributed by atoms with E-state index in [4.69, 9.17) is 5.73 Å². The molecule has 132 valence electrons. The van der Waals surface area contributed by atoms with Crippen molar-refractivity contribution in [2.75, 3.05) is 5.32 Å². The molecule has 0 saturated heterocycles. The van der Waals surface area contributed by atoms with Gasteiger partial charge in [0.25, 0.3) is 11.8 Å². The molecule has 0 bridgehead atoms. The van der Waals surface area contributed by atoms with E-state index in [9.17, 15) is 14.0 Å². The number of hydrogen-bond acceptors (Lipinski definition) is 3. The minimum absolute atomic E-state index is 0.272. The Balaban J connectivity index is 1.89. The Morgan fingerprint density at radius 2 is 1.85 bits per heavy atom. The van der Waals surface area contributed by atoms with Gasteiger partial charge >= 0.3 is 0 Å². The highest BCUT2D eigenvalue weighted by molar-refractivity contribution is 6.05. The highest BCUT2D eigenvalue weighted by Crippen LogP contribution is 2.20. The van der Waals surface area contributed by atoms with Gasteiger partial charge in [0.1, 0.15) is 5.82 Å². The monoisotopic (exact) mass is 352 g/mol. The lowest BCUT2D eigenvalue weighted by molar-refractivity contribution is 0.0992. The summed E-state index contributed by atoms with van der Waals surface area (Å²) >= 11 is 0. The first-order valence-corrected chi connectivity index (χ1v) is 7.90. The molecular weight excluding hydrogens is 335 g/mol. The number of nitrogens with zero attached hydrogens (tertiary/aromatic N) is 2. The molecule has 3 aromatic rings. The number of carbonyl (C=O) groups is 2. The summed E-state index contributed by atoms with van der Waals surface area (Å²) in [4.78, 5) is 23.8. The highest BCUT2D eigenvalue weighted by Gasteiger charge is 2.17. The number of para-hydroxylation sites is 1. The van der Waals surface area contributed by atoms with Gasteiger partial charge in [-0.3, -0.25) is 9.59 Å². The maximum absolute atomic E-state index is 13.5. The number of benzene rings is 2. The number of amides is 2.